The summed E-state index contributed by atoms with van der Waals surface area (Å²) >= 11 is 3.15. The Bertz CT molecular complexity index is 293. The molecule has 0 atom stereocenters. The van der Waals surface area contributed by atoms with Crippen LogP contribution in [0.1, 0.15) is 22.5 Å². The van der Waals surface area contributed by atoms with Crippen LogP contribution < -0.4 is 5.73 Å². The Morgan fingerprint density at radius 2 is 2.42 bits per heavy atom. The van der Waals surface area contributed by atoms with Crippen LogP contribution in [0.15, 0.2) is 15.2 Å². The van der Waals surface area contributed by atoms with Gasteiger partial charge in [0.1, 0.15) is 0 Å². The van der Waals surface area contributed by atoms with Gasteiger partial charge in [0.05, 0.1) is 0 Å². The molecule has 4 heteroatoms. The van der Waals surface area contributed by atoms with E-state index in [0.717, 1.165) is 5.56 Å². The number of halogens is 1. The molecule has 1 aromatic heterocycles. The van der Waals surface area contributed by atoms with Gasteiger partial charge in [-0.15, -0.1) is 0 Å². The molecule has 0 aromatic carbocycles. The number of carbonyl (C=O) groups is 1. The molecule has 0 aliphatic carbocycles. The highest BCUT2D eigenvalue weighted by Gasteiger charge is 2.13. The number of nitrogens with two attached hydrogens (primary N) is 1. The van der Waals surface area contributed by atoms with Gasteiger partial charge in [0.15, 0.2) is 16.2 Å². The first kappa shape index (κ1) is 9.48. The second-order valence-corrected chi connectivity index (χ2v) is 3.31. The van der Waals surface area contributed by atoms with Gasteiger partial charge < -0.3 is 10.2 Å². The minimum Gasteiger partial charge on any atom is -0.446 e. The lowest BCUT2D eigenvalue weighted by atomic mass is 10.1. The van der Waals surface area contributed by atoms with E-state index in [4.69, 9.17) is 10.2 Å². The van der Waals surface area contributed by atoms with Crippen LogP contribution in [0.3, 0.4) is 0 Å². The van der Waals surface area contributed by atoms with E-state index >= 15 is 0 Å². The molecule has 0 saturated heterocycles. The molecular formula is C8H10BrNO2. The normalized spacial score (nSPS) is 10.2. The number of ketones is 1. The first-order valence-corrected chi connectivity index (χ1v) is 4.43. The minimum atomic E-state index is -0.0410. The van der Waals surface area contributed by atoms with Crippen LogP contribution in [0, 0.1) is 6.92 Å². The summed E-state index contributed by atoms with van der Waals surface area (Å²) in [6.45, 7) is 2.19. The fourth-order valence-corrected chi connectivity index (χ4v) is 1.47. The molecule has 66 valence electrons. The zero-order valence-electron chi connectivity index (χ0n) is 6.76. The Morgan fingerprint density at radius 3 is 2.83 bits per heavy atom. The lowest BCUT2D eigenvalue weighted by molar-refractivity contribution is 0.0956. The van der Waals surface area contributed by atoms with Gasteiger partial charge in [0.2, 0.25) is 0 Å². The first-order chi connectivity index (χ1) is 5.65. The molecule has 0 radical (unpaired) electrons. The van der Waals surface area contributed by atoms with E-state index in [2.05, 4.69) is 15.9 Å². The highest BCUT2D eigenvalue weighted by molar-refractivity contribution is 9.10. The van der Waals surface area contributed by atoms with Crippen LogP contribution in [-0.2, 0) is 0 Å². The van der Waals surface area contributed by atoms with Crippen molar-refractivity contribution in [2.24, 2.45) is 5.73 Å². The molecule has 0 bridgehead atoms. The maximum Gasteiger partial charge on any atom is 0.199 e. The van der Waals surface area contributed by atoms with Crippen molar-refractivity contribution in [3.05, 3.63) is 22.1 Å². The standard InChI is InChI=1S/C8H10BrNO2/c1-5-4-7(9)12-8(5)6(11)2-3-10/h4H,2-3,10H2,1H3. The van der Waals surface area contributed by atoms with Gasteiger partial charge in [-0.3, -0.25) is 4.79 Å². The number of aryl methyl sites for hydroxylation is 1. The van der Waals surface area contributed by atoms with Crippen LogP contribution in [0.4, 0.5) is 0 Å². The third-order valence-electron chi connectivity index (χ3n) is 1.51. The lowest BCUT2D eigenvalue weighted by Crippen LogP contribution is -2.08. The van der Waals surface area contributed by atoms with Crippen molar-refractivity contribution in [3.63, 3.8) is 0 Å². The summed E-state index contributed by atoms with van der Waals surface area (Å²) < 4.78 is 5.72. The molecule has 0 saturated carbocycles. The van der Waals surface area contributed by atoms with E-state index in [1.165, 1.54) is 0 Å². The van der Waals surface area contributed by atoms with Crippen molar-refractivity contribution in [1.82, 2.24) is 0 Å². The Kier molecular flexibility index (Phi) is 3.05. The predicted octanol–water partition coefficient (Wildman–Crippen LogP) is 1.88. The summed E-state index contributed by atoms with van der Waals surface area (Å²) in [5.41, 5.74) is 6.10. The van der Waals surface area contributed by atoms with Gasteiger partial charge in [0, 0.05) is 6.42 Å². The molecular weight excluding hydrogens is 222 g/mol. The van der Waals surface area contributed by atoms with Gasteiger partial charge >= 0.3 is 0 Å². The molecule has 12 heavy (non-hydrogen) atoms. The second kappa shape index (κ2) is 3.87. The number of rotatable bonds is 3. The van der Waals surface area contributed by atoms with E-state index in [9.17, 15) is 4.79 Å². The van der Waals surface area contributed by atoms with Gasteiger partial charge in [0.25, 0.3) is 0 Å². The maximum atomic E-state index is 11.3. The van der Waals surface area contributed by atoms with Crippen LogP contribution in [-0.4, -0.2) is 12.3 Å². The molecule has 1 rings (SSSR count). The van der Waals surface area contributed by atoms with E-state index in [0.29, 0.717) is 23.4 Å². The molecule has 0 unspecified atom stereocenters. The molecule has 0 spiro atoms. The Labute approximate surface area is 79.1 Å². The van der Waals surface area contributed by atoms with Crippen LogP contribution in [0.5, 0.6) is 0 Å². The van der Waals surface area contributed by atoms with E-state index in [1.54, 1.807) is 6.07 Å². The topological polar surface area (TPSA) is 56.2 Å². The third-order valence-corrected chi connectivity index (χ3v) is 1.90. The molecule has 0 aliphatic rings. The summed E-state index contributed by atoms with van der Waals surface area (Å²) in [5.74, 6) is 0.369. The number of Topliss-reactive ketones (excluding diaryl/α,β-unsaturated/α-hetero) is 1. The predicted molar refractivity (Wildman–Crippen MR) is 49.1 cm³/mol. The van der Waals surface area contributed by atoms with Crippen LogP contribution in [0.25, 0.3) is 0 Å². The van der Waals surface area contributed by atoms with Crippen molar-refractivity contribution in [1.29, 1.82) is 0 Å². The van der Waals surface area contributed by atoms with Crippen molar-refractivity contribution < 1.29 is 9.21 Å². The van der Waals surface area contributed by atoms with E-state index in [-0.39, 0.29) is 5.78 Å². The summed E-state index contributed by atoms with van der Waals surface area (Å²) in [7, 11) is 0. The first-order valence-electron chi connectivity index (χ1n) is 3.64. The van der Waals surface area contributed by atoms with Gasteiger partial charge in [-0.1, -0.05) is 0 Å². The summed E-state index contributed by atoms with van der Waals surface area (Å²) in [5, 5.41) is 0. The highest BCUT2D eigenvalue weighted by atomic mass is 79.9. The zero-order chi connectivity index (χ0) is 9.14. The monoisotopic (exact) mass is 231 g/mol. The summed E-state index contributed by atoms with van der Waals surface area (Å²) in [6, 6.07) is 1.77. The summed E-state index contributed by atoms with van der Waals surface area (Å²) in [6.07, 6.45) is 0.334. The Balaban J connectivity index is 2.87. The smallest absolute Gasteiger partial charge is 0.199 e. The Hall–Kier alpha value is -0.610. The number of hydrogen-bond donors (Lipinski definition) is 1. The number of furan rings is 1. The van der Waals surface area contributed by atoms with Crippen LogP contribution in [0.2, 0.25) is 0 Å². The SMILES string of the molecule is Cc1cc(Br)oc1C(=O)CCN. The van der Waals surface area contributed by atoms with E-state index < -0.39 is 0 Å². The molecule has 0 aliphatic heterocycles. The molecule has 1 aromatic rings. The number of hydrogen-bond acceptors (Lipinski definition) is 3. The van der Waals surface area contributed by atoms with Crippen molar-refractivity contribution in [2.45, 2.75) is 13.3 Å². The molecule has 0 fully saturated rings. The van der Waals surface area contributed by atoms with E-state index in [1.807, 2.05) is 6.92 Å². The fourth-order valence-electron chi connectivity index (χ4n) is 0.965. The average molecular weight is 232 g/mol. The Morgan fingerprint density at radius 1 is 1.75 bits per heavy atom. The zero-order valence-corrected chi connectivity index (χ0v) is 8.35. The third kappa shape index (κ3) is 1.95. The van der Waals surface area contributed by atoms with Crippen molar-refractivity contribution in [3.8, 4) is 0 Å². The summed E-state index contributed by atoms with van der Waals surface area (Å²) in [4.78, 5) is 11.3. The lowest BCUT2D eigenvalue weighted by Gasteiger charge is -1.94. The van der Waals surface area contributed by atoms with Crippen molar-refractivity contribution >= 4 is 21.7 Å². The number of carbonyl (C=O) groups excluding carboxylic acids is 1. The second-order valence-electron chi connectivity index (χ2n) is 2.52. The molecule has 1 heterocycles. The van der Waals surface area contributed by atoms with Gasteiger partial charge in [-0.25, -0.2) is 0 Å². The molecule has 3 nitrogen and oxygen atoms in total. The van der Waals surface area contributed by atoms with Gasteiger partial charge in [-0.2, -0.15) is 0 Å². The van der Waals surface area contributed by atoms with Crippen LogP contribution >= 0.6 is 15.9 Å². The average Bonchev–Trinajstić information content (AvgIpc) is 2.30. The quantitative estimate of drug-likeness (QED) is 0.809. The fraction of sp³-hybridized carbons (Fsp3) is 0.375. The maximum absolute atomic E-state index is 11.3. The molecule has 2 N–H and O–H groups in total. The van der Waals surface area contributed by atoms with Gasteiger partial charge in [-0.05, 0) is 41.0 Å². The molecule has 0 amide bonds. The largest absolute Gasteiger partial charge is 0.446 e. The highest BCUT2D eigenvalue weighted by Crippen LogP contribution is 2.20. The van der Waals surface area contributed by atoms with Crippen molar-refractivity contribution in [2.75, 3.05) is 6.54 Å². The minimum absolute atomic E-state index is 0.0410.